The van der Waals surface area contributed by atoms with E-state index in [0.717, 1.165) is 16.5 Å². The van der Waals surface area contributed by atoms with Crippen molar-refractivity contribution < 1.29 is 14.3 Å². The zero-order valence-electron chi connectivity index (χ0n) is 17.1. The summed E-state index contributed by atoms with van der Waals surface area (Å²) < 4.78 is 5.73. The van der Waals surface area contributed by atoms with E-state index in [4.69, 9.17) is 4.74 Å². The van der Waals surface area contributed by atoms with E-state index in [2.05, 4.69) is 34.7 Å². The van der Waals surface area contributed by atoms with Gasteiger partial charge >= 0.3 is 0 Å². The number of carbonyl (C=O) groups excluding carboxylic acids is 2. The quantitative estimate of drug-likeness (QED) is 0.571. The summed E-state index contributed by atoms with van der Waals surface area (Å²) in [5.41, 5.74) is 3.83. The Labute approximate surface area is 169 Å². The van der Waals surface area contributed by atoms with Crippen LogP contribution in [0, 0.1) is 6.92 Å². The van der Waals surface area contributed by atoms with Crippen LogP contribution in [0.4, 0.5) is 5.69 Å². The molecule has 3 rings (SSSR count). The predicted octanol–water partition coefficient (Wildman–Crippen LogP) is 3.52. The molecule has 29 heavy (non-hydrogen) atoms. The van der Waals surface area contributed by atoms with Crippen LogP contribution in [0.25, 0.3) is 10.9 Å². The molecule has 1 atom stereocenters. The third kappa shape index (κ3) is 5.13. The van der Waals surface area contributed by atoms with Crippen LogP contribution < -0.4 is 15.4 Å². The SMILES string of the molecule is Cc1cc(O[C@@H](C)C(=O)NCC(=O)Nc2ccc3cn[nH]c3c2)ccc1C(C)C. The molecule has 7 heteroatoms. The van der Waals surface area contributed by atoms with Crippen molar-refractivity contribution in [2.45, 2.75) is 39.7 Å². The molecule has 0 aliphatic carbocycles. The molecule has 2 aromatic carbocycles. The van der Waals surface area contributed by atoms with Crippen molar-refractivity contribution in [2.75, 3.05) is 11.9 Å². The topological polar surface area (TPSA) is 96.1 Å². The fourth-order valence-electron chi connectivity index (χ4n) is 3.16. The zero-order chi connectivity index (χ0) is 21.0. The van der Waals surface area contributed by atoms with Crippen LogP contribution in [-0.4, -0.2) is 34.7 Å². The number of benzene rings is 2. The first-order valence-electron chi connectivity index (χ1n) is 9.61. The molecule has 7 nitrogen and oxygen atoms in total. The summed E-state index contributed by atoms with van der Waals surface area (Å²) in [7, 11) is 0. The Kier molecular flexibility index (Phi) is 6.16. The highest BCUT2D eigenvalue weighted by atomic mass is 16.5. The van der Waals surface area contributed by atoms with Gasteiger partial charge in [0.1, 0.15) is 5.75 Å². The van der Waals surface area contributed by atoms with E-state index in [0.29, 0.717) is 17.4 Å². The number of aromatic amines is 1. The molecule has 152 valence electrons. The van der Waals surface area contributed by atoms with Crippen LogP contribution in [0.3, 0.4) is 0 Å². The van der Waals surface area contributed by atoms with Crippen LogP contribution >= 0.6 is 0 Å². The number of fused-ring (bicyclic) bond motifs is 1. The number of nitrogens with one attached hydrogen (secondary N) is 3. The van der Waals surface area contributed by atoms with Crippen LogP contribution in [0.1, 0.15) is 37.8 Å². The summed E-state index contributed by atoms with van der Waals surface area (Å²) in [6, 6.07) is 11.2. The number of H-pyrrole nitrogens is 1. The average Bonchev–Trinajstić information content (AvgIpc) is 3.13. The smallest absolute Gasteiger partial charge is 0.261 e. The lowest BCUT2D eigenvalue weighted by atomic mass is 9.98. The highest BCUT2D eigenvalue weighted by molar-refractivity contribution is 5.96. The minimum Gasteiger partial charge on any atom is -0.481 e. The predicted molar refractivity (Wildman–Crippen MR) is 113 cm³/mol. The van der Waals surface area contributed by atoms with Crippen LogP contribution in [-0.2, 0) is 9.59 Å². The molecule has 0 unspecified atom stereocenters. The Morgan fingerprint density at radius 1 is 1.14 bits per heavy atom. The minimum atomic E-state index is -0.714. The lowest BCUT2D eigenvalue weighted by molar-refractivity contribution is -0.129. The number of anilines is 1. The summed E-state index contributed by atoms with van der Waals surface area (Å²) in [6.07, 6.45) is 0.994. The molecule has 3 aromatic rings. The van der Waals surface area contributed by atoms with Gasteiger partial charge in [0.15, 0.2) is 6.10 Å². The Morgan fingerprint density at radius 3 is 2.66 bits per heavy atom. The number of hydrogen-bond donors (Lipinski definition) is 3. The molecule has 3 N–H and O–H groups in total. The van der Waals surface area contributed by atoms with E-state index in [1.807, 2.05) is 31.2 Å². The van der Waals surface area contributed by atoms with Gasteiger partial charge < -0.3 is 15.4 Å². The monoisotopic (exact) mass is 394 g/mol. The molecular weight excluding hydrogens is 368 g/mol. The van der Waals surface area contributed by atoms with Crippen molar-refractivity contribution in [3.05, 3.63) is 53.7 Å². The second-order valence-electron chi connectivity index (χ2n) is 7.37. The van der Waals surface area contributed by atoms with Crippen LogP contribution in [0.2, 0.25) is 0 Å². The van der Waals surface area contributed by atoms with E-state index in [9.17, 15) is 9.59 Å². The minimum absolute atomic E-state index is 0.140. The number of aryl methyl sites for hydroxylation is 1. The van der Waals surface area contributed by atoms with Gasteiger partial charge in [0, 0.05) is 11.1 Å². The summed E-state index contributed by atoms with van der Waals surface area (Å²) in [6.45, 7) is 7.82. The molecule has 0 aliphatic heterocycles. The number of carbonyl (C=O) groups is 2. The number of aromatic nitrogens is 2. The van der Waals surface area contributed by atoms with Crippen molar-refractivity contribution in [1.29, 1.82) is 0 Å². The van der Waals surface area contributed by atoms with Crippen LogP contribution in [0.15, 0.2) is 42.6 Å². The van der Waals surface area contributed by atoms with Gasteiger partial charge in [-0.1, -0.05) is 19.9 Å². The van der Waals surface area contributed by atoms with Gasteiger partial charge in [0.2, 0.25) is 5.91 Å². The van der Waals surface area contributed by atoms with E-state index >= 15 is 0 Å². The Balaban J connectivity index is 1.50. The zero-order valence-corrected chi connectivity index (χ0v) is 17.1. The largest absolute Gasteiger partial charge is 0.481 e. The van der Waals surface area contributed by atoms with Gasteiger partial charge in [0.05, 0.1) is 18.3 Å². The van der Waals surface area contributed by atoms with E-state index in [1.165, 1.54) is 5.56 Å². The molecule has 1 heterocycles. The van der Waals surface area contributed by atoms with Crippen molar-refractivity contribution in [3.8, 4) is 5.75 Å². The number of rotatable bonds is 7. The first-order chi connectivity index (χ1) is 13.8. The maximum Gasteiger partial charge on any atom is 0.261 e. The van der Waals surface area contributed by atoms with E-state index < -0.39 is 6.10 Å². The molecule has 0 bridgehead atoms. The van der Waals surface area contributed by atoms with Gasteiger partial charge in [-0.25, -0.2) is 0 Å². The molecule has 0 radical (unpaired) electrons. The second-order valence-corrected chi connectivity index (χ2v) is 7.37. The third-order valence-corrected chi connectivity index (χ3v) is 4.69. The lowest BCUT2D eigenvalue weighted by Gasteiger charge is -2.17. The summed E-state index contributed by atoms with van der Waals surface area (Å²) >= 11 is 0. The molecule has 0 saturated carbocycles. The Bertz CT molecular complexity index is 1030. The molecule has 2 amide bonds. The number of hydrogen-bond acceptors (Lipinski definition) is 4. The number of ether oxygens (including phenoxy) is 1. The summed E-state index contributed by atoms with van der Waals surface area (Å²) in [5, 5.41) is 13.1. The summed E-state index contributed by atoms with van der Waals surface area (Å²) in [5.74, 6) is 0.389. The van der Waals surface area contributed by atoms with Gasteiger partial charge in [-0.15, -0.1) is 0 Å². The lowest BCUT2D eigenvalue weighted by Crippen LogP contribution is -2.40. The van der Waals surface area contributed by atoms with E-state index in [-0.39, 0.29) is 18.4 Å². The van der Waals surface area contributed by atoms with Crippen molar-refractivity contribution in [3.63, 3.8) is 0 Å². The first-order valence-corrected chi connectivity index (χ1v) is 9.61. The standard InChI is InChI=1S/C22H26N4O3/c1-13(2)19-8-7-18(9-14(19)3)29-15(4)22(28)23-12-21(27)25-17-6-5-16-11-24-26-20(16)10-17/h5-11,13,15H,12H2,1-4H3,(H,23,28)(H,24,26)(H,25,27)/t15-/m0/s1. The van der Waals surface area contributed by atoms with Gasteiger partial charge in [-0.3, -0.25) is 14.7 Å². The third-order valence-electron chi connectivity index (χ3n) is 4.69. The second kappa shape index (κ2) is 8.77. The van der Waals surface area contributed by atoms with Crippen molar-refractivity contribution in [1.82, 2.24) is 15.5 Å². The van der Waals surface area contributed by atoms with Gasteiger partial charge in [-0.05, 0) is 61.2 Å². The highest BCUT2D eigenvalue weighted by Crippen LogP contribution is 2.24. The molecule has 0 fully saturated rings. The summed E-state index contributed by atoms with van der Waals surface area (Å²) in [4.78, 5) is 24.4. The molecular formula is C22H26N4O3. The highest BCUT2D eigenvalue weighted by Gasteiger charge is 2.16. The molecule has 0 aliphatic rings. The Morgan fingerprint density at radius 2 is 1.93 bits per heavy atom. The van der Waals surface area contributed by atoms with Crippen LogP contribution in [0.5, 0.6) is 5.75 Å². The normalized spacial score (nSPS) is 12.0. The number of amides is 2. The fraction of sp³-hybridized carbons (Fsp3) is 0.318. The van der Waals surface area contributed by atoms with Gasteiger partial charge in [-0.2, -0.15) is 5.10 Å². The molecule has 0 spiro atoms. The van der Waals surface area contributed by atoms with Crippen molar-refractivity contribution in [2.24, 2.45) is 0 Å². The maximum atomic E-state index is 12.3. The molecule has 1 aromatic heterocycles. The average molecular weight is 394 g/mol. The number of nitrogens with zero attached hydrogens (tertiary/aromatic N) is 1. The van der Waals surface area contributed by atoms with Gasteiger partial charge in [0.25, 0.3) is 5.91 Å². The van der Waals surface area contributed by atoms with E-state index in [1.54, 1.807) is 25.3 Å². The fourth-order valence-corrected chi connectivity index (χ4v) is 3.16. The first kappa shape index (κ1) is 20.4. The molecule has 0 saturated heterocycles. The van der Waals surface area contributed by atoms with Crippen molar-refractivity contribution >= 4 is 28.4 Å². The maximum absolute atomic E-state index is 12.3. The Hall–Kier alpha value is -3.35.